The lowest BCUT2D eigenvalue weighted by molar-refractivity contribution is -0.0484. The Morgan fingerprint density at radius 3 is 2.79 bits per heavy atom. The van der Waals surface area contributed by atoms with Gasteiger partial charge in [-0.3, -0.25) is 0 Å². The van der Waals surface area contributed by atoms with Gasteiger partial charge in [0.15, 0.2) is 6.29 Å². The maximum Gasteiger partial charge on any atom is 0.180 e. The molecule has 0 saturated carbocycles. The highest BCUT2D eigenvalue weighted by atomic mass is 32.2. The molecule has 2 heterocycles. The Morgan fingerprint density at radius 2 is 2.29 bits per heavy atom. The highest BCUT2D eigenvalue weighted by molar-refractivity contribution is 8.05. The average Bonchev–Trinajstić information content (AvgIpc) is 2.75. The normalized spacial score (nSPS) is 32.1. The zero-order valence-corrected chi connectivity index (χ0v) is 8.68. The van der Waals surface area contributed by atoms with Crippen molar-refractivity contribution in [2.75, 3.05) is 13.2 Å². The smallest absolute Gasteiger partial charge is 0.180 e. The van der Waals surface area contributed by atoms with E-state index in [9.17, 15) is 0 Å². The zero-order valence-electron chi connectivity index (χ0n) is 7.86. The van der Waals surface area contributed by atoms with Crippen LogP contribution in [0.1, 0.15) is 0 Å². The molecule has 1 atom stereocenters. The first-order valence-electron chi connectivity index (χ1n) is 4.44. The standard InChI is InChI=1S/C11H12O2S/c1-3-5-11(6-4-9(2)14-11)10-12-7-8-13-10/h4-6,10H,1-2,7-8H2. The predicted octanol–water partition coefficient (Wildman–Crippen LogP) is 2.26. The minimum Gasteiger partial charge on any atom is -0.348 e. The van der Waals surface area contributed by atoms with Crippen molar-refractivity contribution in [3.63, 3.8) is 0 Å². The van der Waals surface area contributed by atoms with Crippen LogP contribution in [0, 0.1) is 0 Å². The lowest BCUT2D eigenvalue weighted by Gasteiger charge is -2.26. The van der Waals surface area contributed by atoms with E-state index in [1.807, 2.05) is 18.2 Å². The molecule has 0 N–H and O–H groups in total. The Balaban J connectivity index is 2.26. The third-order valence-electron chi connectivity index (χ3n) is 2.16. The van der Waals surface area contributed by atoms with E-state index in [-0.39, 0.29) is 11.0 Å². The first-order chi connectivity index (χ1) is 6.77. The quantitative estimate of drug-likeness (QED) is 0.648. The molecule has 0 radical (unpaired) electrons. The van der Waals surface area contributed by atoms with Gasteiger partial charge in [0.2, 0.25) is 0 Å². The number of hydrogen-bond acceptors (Lipinski definition) is 3. The van der Waals surface area contributed by atoms with Crippen LogP contribution >= 0.6 is 11.8 Å². The average molecular weight is 208 g/mol. The topological polar surface area (TPSA) is 18.5 Å². The second-order valence-electron chi connectivity index (χ2n) is 3.18. The molecule has 0 aromatic rings. The van der Waals surface area contributed by atoms with E-state index in [1.54, 1.807) is 11.8 Å². The van der Waals surface area contributed by atoms with Gasteiger partial charge in [-0.15, -0.1) is 17.5 Å². The summed E-state index contributed by atoms with van der Waals surface area (Å²) in [7, 11) is 0. The van der Waals surface area contributed by atoms with Gasteiger partial charge in [-0.1, -0.05) is 25.3 Å². The third kappa shape index (κ3) is 1.60. The summed E-state index contributed by atoms with van der Waals surface area (Å²) in [6.07, 6.45) is 5.65. The molecule has 1 saturated heterocycles. The molecule has 3 heteroatoms. The van der Waals surface area contributed by atoms with Crippen LogP contribution in [-0.4, -0.2) is 24.3 Å². The van der Waals surface area contributed by atoms with Crippen LogP contribution < -0.4 is 0 Å². The Morgan fingerprint density at radius 1 is 1.57 bits per heavy atom. The van der Waals surface area contributed by atoms with Crippen LogP contribution in [0.3, 0.4) is 0 Å². The fraction of sp³-hybridized carbons (Fsp3) is 0.364. The molecular weight excluding hydrogens is 196 g/mol. The summed E-state index contributed by atoms with van der Waals surface area (Å²) in [4.78, 5) is 1.01. The van der Waals surface area contributed by atoms with Gasteiger partial charge < -0.3 is 9.47 Å². The minimum absolute atomic E-state index is 0.239. The number of hydrogen-bond donors (Lipinski definition) is 0. The molecule has 1 unspecified atom stereocenters. The second-order valence-corrected chi connectivity index (χ2v) is 4.61. The van der Waals surface area contributed by atoms with Crippen LogP contribution in [0.25, 0.3) is 0 Å². The summed E-state index contributed by atoms with van der Waals surface area (Å²) in [5.74, 6) is 0. The number of rotatable bonds is 2. The first-order valence-corrected chi connectivity index (χ1v) is 5.26. The Labute approximate surface area is 88.0 Å². The highest BCUT2D eigenvalue weighted by Crippen LogP contribution is 2.45. The van der Waals surface area contributed by atoms with Crippen LogP contribution in [0.2, 0.25) is 0 Å². The van der Waals surface area contributed by atoms with Gasteiger partial charge in [0, 0.05) is 4.91 Å². The van der Waals surface area contributed by atoms with E-state index in [0.717, 1.165) is 4.91 Å². The number of ether oxygens (including phenoxy) is 2. The van der Waals surface area contributed by atoms with Crippen LogP contribution in [-0.2, 0) is 9.47 Å². The molecule has 2 rings (SSSR count). The summed E-state index contributed by atoms with van der Waals surface area (Å²) in [5.41, 5.74) is 2.80. The van der Waals surface area contributed by atoms with Crippen molar-refractivity contribution in [3.8, 4) is 0 Å². The molecular formula is C11H12O2S. The first kappa shape index (κ1) is 9.81. The molecule has 0 spiro atoms. The van der Waals surface area contributed by atoms with E-state index in [2.05, 4.69) is 18.9 Å². The van der Waals surface area contributed by atoms with Gasteiger partial charge in [0.05, 0.1) is 13.2 Å². The summed E-state index contributed by atoms with van der Waals surface area (Å²) in [5, 5.41) is 0. The van der Waals surface area contributed by atoms with E-state index >= 15 is 0 Å². The molecule has 2 aliphatic heterocycles. The molecule has 0 amide bonds. The van der Waals surface area contributed by atoms with Crippen molar-refractivity contribution in [3.05, 3.63) is 42.0 Å². The van der Waals surface area contributed by atoms with Crippen molar-refractivity contribution in [1.82, 2.24) is 0 Å². The van der Waals surface area contributed by atoms with Crippen LogP contribution in [0.5, 0.6) is 0 Å². The van der Waals surface area contributed by atoms with Gasteiger partial charge >= 0.3 is 0 Å². The zero-order chi connectivity index (χ0) is 10.0. The Bertz CT molecular complexity index is 322. The highest BCUT2D eigenvalue weighted by Gasteiger charge is 2.42. The van der Waals surface area contributed by atoms with Crippen molar-refractivity contribution >= 4 is 11.8 Å². The maximum atomic E-state index is 5.51. The molecule has 14 heavy (non-hydrogen) atoms. The third-order valence-corrected chi connectivity index (χ3v) is 3.35. The fourth-order valence-corrected chi connectivity index (χ4v) is 2.67. The Kier molecular flexibility index (Phi) is 2.66. The van der Waals surface area contributed by atoms with E-state index in [4.69, 9.17) is 9.47 Å². The van der Waals surface area contributed by atoms with Crippen molar-refractivity contribution in [2.24, 2.45) is 0 Å². The Hall–Kier alpha value is -0.730. The van der Waals surface area contributed by atoms with Crippen molar-refractivity contribution < 1.29 is 9.47 Å². The molecule has 0 aliphatic carbocycles. The molecule has 0 bridgehead atoms. The number of allylic oxidation sites excluding steroid dienone is 1. The summed E-state index contributed by atoms with van der Waals surface area (Å²) in [6, 6.07) is 0. The number of thioether (sulfide) groups is 1. The van der Waals surface area contributed by atoms with Crippen molar-refractivity contribution in [2.45, 2.75) is 11.0 Å². The maximum absolute atomic E-state index is 5.51. The molecule has 74 valence electrons. The summed E-state index contributed by atoms with van der Waals surface area (Å²) >= 11 is 1.62. The monoisotopic (exact) mass is 208 g/mol. The van der Waals surface area contributed by atoms with Gasteiger partial charge in [0.1, 0.15) is 4.75 Å². The lowest BCUT2D eigenvalue weighted by Crippen LogP contribution is -2.34. The van der Waals surface area contributed by atoms with Crippen LogP contribution in [0.4, 0.5) is 0 Å². The molecule has 1 fully saturated rings. The van der Waals surface area contributed by atoms with E-state index in [0.29, 0.717) is 13.2 Å². The predicted molar refractivity (Wildman–Crippen MR) is 58.0 cm³/mol. The minimum atomic E-state index is -0.310. The molecule has 0 aromatic heterocycles. The van der Waals surface area contributed by atoms with Gasteiger partial charge in [0.25, 0.3) is 0 Å². The van der Waals surface area contributed by atoms with E-state index in [1.165, 1.54) is 0 Å². The largest absolute Gasteiger partial charge is 0.348 e. The summed E-state index contributed by atoms with van der Waals surface area (Å²) in [6.45, 7) is 8.80. The van der Waals surface area contributed by atoms with E-state index < -0.39 is 0 Å². The fourth-order valence-electron chi connectivity index (χ4n) is 1.57. The van der Waals surface area contributed by atoms with Gasteiger partial charge in [-0.2, -0.15) is 0 Å². The molecule has 2 aliphatic rings. The van der Waals surface area contributed by atoms with Gasteiger partial charge in [-0.05, 0) is 6.08 Å². The van der Waals surface area contributed by atoms with Gasteiger partial charge in [-0.25, -0.2) is 0 Å². The second kappa shape index (κ2) is 3.79. The molecule has 2 nitrogen and oxygen atoms in total. The van der Waals surface area contributed by atoms with Crippen LogP contribution in [0.15, 0.2) is 42.0 Å². The van der Waals surface area contributed by atoms with Crippen molar-refractivity contribution in [1.29, 1.82) is 0 Å². The molecule has 0 aromatic carbocycles. The lowest BCUT2D eigenvalue weighted by atomic mass is 10.1. The SMILES string of the molecule is C=C=CC1(C2OCCO2)C=CC(=C)S1. The summed E-state index contributed by atoms with van der Waals surface area (Å²) < 4.78 is 10.7.